The summed E-state index contributed by atoms with van der Waals surface area (Å²) in [7, 11) is 0. The fourth-order valence-electron chi connectivity index (χ4n) is 2.56. The van der Waals surface area contributed by atoms with Gasteiger partial charge >= 0.3 is 0 Å². The number of rotatable bonds is 4. The number of hydrogen-bond donors (Lipinski definition) is 2. The van der Waals surface area contributed by atoms with Gasteiger partial charge in [0.25, 0.3) is 5.91 Å². The first-order valence-corrected chi connectivity index (χ1v) is 8.05. The predicted molar refractivity (Wildman–Crippen MR) is 90.9 cm³/mol. The van der Waals surface area contributed by atoms with Crippen LogP contribution in [0.15, 0.2) is 18.2 Å². The maximum Gasteiger partial charge on any atom is 0.254 e. The number of carbonyl (C=O) groups is 1. The average molecular weight is 404 g/mol. The number of aromatic hydroxyl groups is 1. The second kappa shape index (κ2) is 6.71. The summed E-state index contributed by atoms with van der Waals surface area (Å²) >= 11 is 6.98. The van der Waals surface area contributed by atoms with E-state index in [-0.39, 0.29) is 17.7 Å². The van der Waals surface area contributed by atoms with Crippen molar-refractivity contribution in [3.63, 3.8) is 0 Å². The topological polar surface area (TPSA) is 66.6 Å². The Morgan fingerprint density at radius 1 is 1.45 bits per heavy atom. The molecule has 1 aliphatic rings. The van der Waals surface area contributed by atoms with Crippen molar-refractivity contribution in [1.82, 2.24) is 4.90 Å². The van der Waals surface area contributed by atoms with Crippen LogP contribution in [0.3, 0.4) is 0 Å². The van der Waals surface area contributed by atoms with E-state index < -0.39 is 0 Å². The van der Waals surface area contributed by atoms with Gasteiger partial charge in [-0.05, 0) is 53.6 Å². The first-order chi connectivity index (χ1) is 9.49. The van der Waals surface area contributed by atoms with Crippen molar-refractivity contribution in [2.24, 2.45) is 5.73 Å². The summed E-state index contributed by atoms with van der Waals surface area (Å²) in [6, 6.07) is 5.17. The fourth-order valence-corrected chi connectivity index (χ4v) is 3.04. The lowest BCUT2D eigenvalue weighted by Crippen LogP contribution is -2.43. The number of benzene rings is 1. The zero-order valence-electron chi connectivity index (χ0n) is 11.0. The molecule has 1 aliphatic carbocycles. The van der Waals surface area contributed by atoms with E-state index >= 15 is 0 Å². The highest BCUT2D eigenvalue weighted by atomic mass is 127. The van der Waals surface area contributed by atoms with E-state index in [0.717, 1.165) is 29.3 Å². The standard InChI is InChI=1S/C14H17IN2O2S/c15-11-6-5-9(7-12(11)18)14(19)17(8-13(16)20)10-3-1-2-4-10/h5-7,10,18H,1-4,8H2,(H2,16,20). The van der Waals surface area contributed by atoms with E-state index in [1.807, 2.05) is 22.6 Å². The van der Waals surface area contributed by atoms with Crippen molar-refractivity contribution in [2.75, 3.05) is 6.54 Å². The van der Waals surface area contributed by atoms with Crippen molar-refractivity contribution >= 4 is 45.7 Å². The molecule has 0 saturated heterocycles. The first kappa shape index (κ1) is 15.5. The van der Waals surface area contributed by atoms with Crippen LogP contribution in [-0.2, 0) is 0 Å². The largest absolute Gasteiger partial charge is 0.507 e. The number of carbonyl (C=O) groups excluding carboxylic acids is 1. The third kappa shape index (κ3) is 3.60. The van der Waals surface area contributed by atoms with Gasteiger partial charge in [0, 0.05) is 11.6 Å². The Bertz CT molecular complexity index is 530. The molecule has 0 bridgehead atoms. The molecule has 0 aromatic heterocycles. The lowest BCUT2D eigenvalue weighted by molar-refractivity contribution is 0.0714. The van der Waals surface area contributed by atoms with Gasteiger partial charge in [0.2, 0.25) is 0 Å². The molecule has 1 aromatic rings. The van der Waals surface area contributed by atoms with Crippen molar-refractivity contribution in [1.29, 1.82) is 0 Å². The summed E-state index contributed by atoms with van der Waals surface area (Å²) in [5, 5.41) is 9.75. The maximum absolute atomic E-state index is 12.6. The van der Waals surface area contributed by atoms with Gasteiger partial charge in [0.05, 0.1) is 15.1 Å². The number of nitrogens with zero attached hydrogens (tertiary/aromatic N) is 1. The predicted octanol–water partition coefficient (Wildman–Crippen LogP) is 2.67. The number of phenolic OH excluding ortho intramolecular Hbond substituents is 1. The highest BCUT2D eigenvalue weighted by Gasteiger charge is 2.28. The Hall–Kier alpha value is -0.890. The Morgan fingerprint density at radius 3 is 2.65 bits per heavy atom. The highest BCUT2D eigenvalue weighted by Crippen LogP contribution is 2.26. The molecule has 0 heterocycles. The molecule has 0 aliphatic heterocycles. The molecular formula is C14H17IN2O2S. The Balaban J connectivity index is 2.24. The number of hydrogen-bond acceptors (Lipinski definition) is 3. The SMILES string of the molecule is NC(=S)CN(C(=O)c1ccc(I)c(O)c1)C1CCCC1. The van der Waals surface area contributed by atoms with Crippen LogP contribution in [0.5, 0.6) is 5.75 Å². The van der Waals surface area contributed by atoms with Crippen LogP contribution in [0.2, 0.25) is 0 Å². The number of phenols is 1. The van der Waals surface area contributed by atoms with Gasteiger partial charge in [0.15, 0.2) is 0 Å². The Morgan fingerprint density at radius 2 is 2.10 bits per heavy atom. The van der Waals surface area contributed by atoms with Crippen molar-refractivity contribution in [3.8, 4) is 5.75 Å². The van der Waals surface area contributed by atoms with Gasteiger partial charge in [-0.15, -0.1) is 0 Å². The lowest BCUT2D eigenvalue weighted by atomic mass is 10.1. The summed E-state index contributed by atoms with van der Waals surface area (Å²) < 4.78 is 0.723. The van der Waals surface area contributed by atoms with E-state index in [1.54, 1.807) is 17.0 Å². The van der Waals surface area contributed by atoms with Gasteiger partial charge < -0.3 is 15.7 Å². The van der Waals surface area contributed by atoms with Crippen LogP contribution in [0.25, 0.3) is 0 Å². The number of halogens is 1. The molecule has 1 fully saturated rings. The normalized spacial score (nSPS) is 15.2. The van der Waals surface area contributed by atoms with Crippen molar-refractivity contribution in [3.05, 3.63) is 27.3 Å². The quantitative estimate of drug-likeness (QED) is 0.598. The van der Waals surface area contributed by atoms with Gasteiger partial charge in [-0.2, -0.15) is 0 Å². The van der Waals surface area contributed by atoms with Crippen LogP contribution in [0.1, 0.15) is 36.0 Å². The summed E-state index contributed by atoms with van der Waals surface area (Å²) in [5.41, 5.74) is 6.10. The summed E-state index contributed by atoms with van der Waals surface area (Å²) in [5.74, 6) is 0.00884. The Labute approximate surface area is 137 Å². The Kier molecular flexibility index (Phi) is 5.20. The number of amides is 1. The van der Waals surface area contributed by atoms with Crippen LogP contribution in [0.4, 0.5) is 0 Å². The average Bonchev–Trinajstić information content (AvgIpc) is 2.92. The highest BCUT2D eigenvalue weighted by molar-refractivity contribution is 14.1. The lowest BCUT2D eigenvalue weighted by Gasteiger charge is -2.28. The minimum absolute atomic E-state index is 0.114. The van der Waals surface area contributed by atoms with E-state index in [1.165, 1.54) is 6.07 Å². The summed E-state index contributed by atoms with van der Waals surface area (Å²) in [6.45, 7) is 0.297. The van der Waals surface area contributed by atoms with Crippen molar-refractivity contribution in [2.45, 2.75) is 31.7 Å². The zero-order chi connectivity index (χ0) is 14.7. The van der Waals surface area contributed by atoms with Gasteiger partial charge in [-0.25, -0.2) is 0 Å². The molecule has 0 spiro atoms. The first-order valence-electron chi connectivity index (χ1n) is 6.57. The van der Waals surface area contributed by atoms with Gasteiger partial charge in [-0.1, -0.05) is 25.1 Å². The molecule has 2 rings (SSSR count). The van der Waals surface area contributed by atoms with Crippen LogP contribution in [0, 0.1) is 3.57 Å². The molecule has 6 heteroatoms. The molecule has 108 valence electrons. The molecule has 3 N–H and O–H groups in total. The van der Waals surface area contributed by atoms with Crippen molar-refractivity contribution < 1.29 is 9.90 Å². The van der Waals surface area contributed by atoms with Crippen LogP contribution >= 0.6 is 34.8 Å². The molecule has 0 atom stereocenters. The molecule has 0 radical (unpaired) electrons. The summed E-state index contributed by atoms with van der Waals surface area (Å²) in [4.78, 5) is 14.7. The second-order valence-corrected chi connectivity index (χ2v) is 6.69. The van der Waals surface area contributed by atoms with Crippen LogP contribution < -0.4 is 5.73 Å². The molecular weight excluding hydrogens is 387 g/mol. The monoisotopic (exact) mass is 404 g/mol. The number of thiocarbonyl (C=S) groups is 1. The molecule has 4 nitrogen and oxygen atoms in total. The van der Waals surface area contributed by atoms with E-state index in [0.29, 0.717) is 17.1 Å². The van der Waals surface area contributed by atoms with E-state index in [2.05, 4.69) is 0 Å². The van der Waals surface area contributed by atoms with Gasteiger partial charge in [-0.3, -0.25) is 4.79 Å². The second-order valence-electron chi connectivity index (χ2n) is 5.00. The maximum atomic E-state index is 12.6. The van der Waals surface area contributed by atoms with E-state index in [4.69, 9.17) is 18.0 Å². The zero-order valence-corrected chi connectivity index (χ0v) is 14.0. The minimum atomic E-state index is -0.114. The number of nitrogens with two attached hydrogens (primary N) is 1. The molecule has 0 unspecified atom stereocenters. The van der Waals surface area contributed by atoms with E-state index in [9.17, 15) is 9.90 Å². The fraction of sp³-hybridized carbons (Fsp3) is 0.429. The third-order valence-electron chi connectivity index (χ3n) is 3.55. The van der Waals surface area contributed by atoms with Crippen LogP contribution in [-0.4, -0.2) is 33.5 Å². The molecule has 20 heavy (non-hydrogen) atoms. The van der Waals surface area contributed by atoms with Gasteiger partial charge in [0.1, 0.15) is 5.75 Å². The molecule has 1 saturated carbocycles. The molecule has 1 amide bonds. The molecule has 1 aromatic carbocycles. The third-order valence-corrected chi connectivity index (χ3v) is 4.59. The minimum Gasteiger partial charge on any atom is -0.507 e. The summed E-state index contributed by atoms with van der Waals surface area (Å²) in [6.07, 6.45) is 4.24. The smallest absolute Gasteiger partial charge is 0.254 e.